The van der Waals surface area contributed by atoms with Crippen LogP contribution >= 0.6 is 0 Å². The van der Waals surface area contributed by atoms with Crippen LogP contribution in [0.4, 0.5) is 11.4 Å². The van der Waals surface area contributed by atoms with Crippen molar-refractivity contribution in [3.63, 3.8) is 0 Å². The summed E-state index contributed by atoms with van der Waals surface area (Å²) in [6.07, 6.45) is 1.50. The van der Waals surface area contributed by atoms with Gasteiger partial charge in [0, 0.05) is 11.6 Å². The molecule has 0 spiro atoms. The fourth-order valence-electron chi connectivity index (χ4n) is 2.76. The van der Waals surface area contributed by atoms with E-state index in [0.717, 1.165) is 22.4 Å². The van der Waals surface area contributed by atoms with Gasteiger partial charge in [0.05, 0.1) is 23.9 Å². The number of hydrogen-bond acceptors (Lipinski definition) is 6. The van der Waals surface area contributed by atoms with Gasteiger partial charge < -0.3 is 9.47 Å². The van der Waals surface area contributed by atoms with Crippen molar-refractivity contribution in [3.05, 3.63) is 93.0 Å². The van der Waals surface area contributed by atoms with Crippen LogP contribution in [0.25, 0.3) is 0 Å². The molecule has 0 saturated carbocycles. The van der Waals surface area contributed by atoms with E-state index in [9.17, 15) is 10.1 Å². The molecule has 3 aromatic carbocycles. The zero-order valence-electron chi connectivity index (χ0n) is 17.1. The van der Waals surface area contributed by atoms with Crippen LogP contribution in [-0.2, 0) is 6.61 Å². The molecule has 0 bridgehead atoms. The number of benzene rings is 3. The monoisotopic (exact) mass is 405 g/mol. The number of nitro benzene ring substituents is 1. The second-order valence-corrected chi connectivity index (χ2v) is 6.84. The summed E-state index contributed by atoms with van der Waals surface area (Å²) < 4.78 is 11.1. The highest BCUT2D eigenvalue weighted by Gasteiger charge is 2.22. The number of nitrogens with zero attached hydrogens (tertiary/aromatic N) is 2. The fraction of sp³-hybridized carbons (Fsp3) is 0.174. The third-order valence-electron chi connectivity index (χ3n) is 4.44. The standard InChI is InChI=1S/C23H23N3O4/c1-16-4-8-18(9-5-16)15-30-23-21(26(27)28)12-19(13-22(23)29-3)14-24-25-20-10-6-17(2)7-11-20/h4-14,25H,15H2,1-3H3/b24-14+. The molecule has 1 N–H and O–H groups in total. The number of hydrogen-bond donors (Lipinski definition) is 1. The van der Waals surface area contributed by atoms with Gasteiger partial charge in [0.2, 0.25) is 5.75 Å². The van der Waals surface area contributed by atoms with E-state index in [-0.39, 0.29) is 23.8 Å². The molecular weight excluding hydrogens is 382 g/mol. The Hall–Kier alpha value is -3.87. The van der Waals surface area contributed by atoms with E-state index in [4.69, 9.17) is 9.47 Å². The number of nitro groups is 1. The molecule has 0 unspecified atom stereocenters. The Morgan fingerprint density at radius 2 is 1.67 bits per heavy atom. The van der Waals surface area contributed by atoms with E-state index in [1.54, 1.807) is 6.07 Å². The molecule has 0 aliphatic heterocycles. The molecule has 0 aromatic heterocycles. The highest BCUT2D eigenvalue weighted by molar-refractivity contribution is 5.83. The third-order valence-corrected chi connectivity index (χ3v) is 4.44. The fourth-order valence-corrected chi connectivity index (χ4v) is 2.76. The zero-order chi connectivity index (χ0) is 21.5. The van der Waals surface area contributed by atoms with Crippen molar-refractivity contribution in [3.8, 4) is 11.5 Å². The molecule has 0 radical (unpaired) electrons. The van der Waals surface area contributed by atoms with Gasteiger partial charge in [0.15, 0.2) is 5.75 Å². The van der Waals surface area contributed by atoms with Gasteiger partial charge in [-0.2, -0.15) is 5.10 Å². The van der Waals surface area contributed by atoms with Crippen molar-refractivity contribution in [1.82, 2.24) is 0 Å². The van der Waals surface area contributed by atoms with Gasteiger partial charge in [-0.05, 0) is 37.6 Å². The molecule has 0 saturated heterocycles. The van der Waals surface area contributed by atoms with Crippen LogP contribution in [0.15, 0.2) is 65.8 Å². The smallest absolute Gasteiger partial charge is 0.315 e. The Bertz CT molecular complexity index is 1050. The Kier molecular flexibility index (Phi) is 6.64. The lowest BCUT2D eigenvalue weighted by molar-refractivity contribution is -0.386. The van der Waals surface area contributed by atoms with Gasteiger partial charge in [-0.1, -0.05) is 47.5 Å². The Morgan fingerprint density at radius 1 is 1.03 bits per heavy atom. The van der Waals surface area contributed by atoms with Crippen molar-refractivity contribution in [1.29, 1.82) is 0 Å². The number of rotatable bonds is 8. The maximum atomic E-state index is 11.6. The quantitative estimate of drug-likeness (QED) is 0.314. The van der Waals surface area contributed by atoms with Crippen LogP contribution < -0.4 is 14.9 Å². The van der Waals surface area contributed by atoms with Gasteiger partial charge >= 0.3 is 5.69 Å². The minimum absolute atomic E-state index is 0.0896. The Labute approximate surface area is 175 Å². The lowest BCUT2D eigenvalue weighted by Crippen LogP contribution is -2.03. The van der Waals surface area contributed by atoms with Crippen LogP contribution in [0.5, 0.6) is 11.5 Å². The number of aryl methyl sites for hydroxylation is 2. The lowest BCUT2D eigenvalue weighted by Gasteiger charge is -2.12. The van der Waals surface area contributed by atoms with E-state index in [1.165, 1.54) is 19.4 Å². The average molecular weight is 405 g/mol. The third kappa shape index (κ3) is 5.35. The minimum atomic E-state index is -0.488. The van der Waals surface area contributed by atoms with E-state index in [2.05, 4.69) is 10.5 Å². The number of ether oxygens (including phenoxy) is 2. The molecule has 7 nitrogen and oxygen atoms in total. The van der Waals surface area contributed by atoms with Crippen LogP contribution in [0, 0.1) is 24.0 Å². The SMILES string of the molecule is COc1cc(/C=N/Nc2ccc(C)cc2)cc([N+](=O)[O-])c1OCc1ccc(C)cc1. The second kappa shape index (κ2) is 9.56. The first kappa shape index (κ1) is 20.9. The largest absolute Gasteiger partial charge is 0.493 e. The summed E-state index contributed by atoms with van der Waals surface area (Å²) in [6, 6.07) is 18.6. The summed E-state index contributed by atoms with van der Waals surface area (Å²) >= 11 is 0. The first-order valence-corrected chi connectivity index (χ1v) is 9.37. The summed E-state index contributed by atoms with van der Waals surface area (Å²) in [5.41, 5.74) is 7.23. The molecule has 3 rings (SSSR count). The van der Waals surface area contributed by atoms with Crippen molar-refractivity contribution >= 4 is 17.6 Å². The first-order chi connectivity index (χ1) is 14.5. The summed E-state index contributed by atoms with van der Waals surface area (Å²) in [7, 11) is 1.45. The first-order valence-electron chi connectivity index (χ1n) is 9.37. The number of anilines is 1. The van der Waals surface area contributed by atoms with Crippen molar-refractivity contribution in [2.24, 2.45) is 5.10 Å². The topological polar surface area (TPSA) is 86.0 Å². The lowest BCUT2D eigenvalue weighted by atomic mass is 10.1. The van der Waals surface area contributed by atoms with Gasteiger partial charge in [-0.15, -0.1) is 0 Å². The van der Waals surface area contributed by atoms with Crippen LogP contribution in [0.2, 0.25) is 0 Å². The number of methoxy groups -OCH3 is 1. The average Bonchev–Trinajstić information content (AvgIpc) is 2.74. The van der Waals surface area contributed by atoms with Crippen LogP contribution in [-0.4, -0.2) is 18.2 Å². The zero-order valence-corrected chi connectivity index (χ0v) is 17.1. The molecule has 0 amide bonds. The van der Waals surface area contributed by atoms with Gasteiger partial charge in [0.1, 0.15) is 6.61 Å². The maximum absolute atomic E-state index is 11.6. The van der Waals surface area contributed by atoms with E-state index in [1.807, 2.05) is 62.4 Å². The van der Waals surface area contributed by atoms with E-state index < -0.39 is 4.92 Å². The summed E-state index contributed by atoms with van der Waals surface area (Å²) in [5.74, 6) is 0.361. The molecule has 0 atom stereocenters. The summed E-state index contributed by atoms with van der Waals surface area (Å²) in [5, 5.41) is 15.8. The van der Waals surface area contributed by atoms with Crippen LogP contribution in [0.1, 0.15) is 22.3 Å². The predicted molar refractivity (Wildman–Crippen MR) is 118 cm³/mol. The summed E-state index contributed by atoms with van der Waals surface area (Å²) in [4.78, 5) is 11.1. The highest BCUT2D eigenvalue weighted by atomic mass is 16.6. The summed E-state index contributed by atoms with van der Waals surface area (Å²) in [6.45, 7) is 4.19. The van der Waals surface area contributed by atoms with Gasteiger partial charge in [-0.25, -0.2) is 0 Å². The van der Waals surface area contributed by atoms with Crippen molar-refractivity contribution in [2.45, 2.75) is 20.5 Å². The van der Waals surface area contributed by atoms with Gasteiger partial charge in [0.25, 0.3) is 0 Å². The van der Waals surface area contributed by atoms with E-state index in [0.29, 0.717) is 5.56 Å². The predicted octanol–water partition coefficient (Wildman–Crippen LogP) is 5.25. The van der Waals surface area contributed by atoms with Crippen molar-refractivity contribution in [2.75, 3.05) is 12.5 Å². The van der Waals surface area contributed by atoms with Gasteiger partial charge in [-0.3, -0.25) is 15.5 Å². The number of hydrazone groups is 1. The Morgan fingerprint density at radius 3 is 2.27 bits per heavy atom. The molecule has 30 heavy (non-hydrogen) atoms. The number of nitrogens with one attached hydrogen (secondary N) is 1. The molecular formula is C23H23N3O4. The Balaban J connectivity index is 1.81. The van der Waals surface area contributed by atoms with Crippen LogP contribution in [0.3, 0.4) is 0 Å². The van der Waals surface area contributed by atoms with Crippen molar-refractivity contribution < 1.29 is 14.4 Å². The maximum Gasteiger partial charge on any atom is 0.315 e. The second-order valence-electron chi connectivity index (χ2n) is 6.84. The molecule has 0 aliphatic carbocycles. The highest BCUT2D eigenvalue weighted by Crippen LogP contribution is 2.38. The molecule has 3 aromatic rings. The molecule has 154 valence electrons. The molecule has 7 heteroatoms. The minimum Gasteiger partial charge on any atom is -0.493 e. The molecule has 0 aliphatic rings. The van der Waals surface area contributed by atoms with E-state index >= 15 is 0 Å². The molecule has 0 fully saturated rings. The molecule has 0 heterocycles. The normalized spacial score (nSPS) is 10.8.